The molecule has 0 aromatic heterocycles. The Labute approximate surface area is 165 Å². The third-order valence-electron chi connectivity index (χ3n) is 6.77. The van der Waals surface area contributed by atoms with Crippen LogP contribution in [0.5, 0.6) is 5.75 Å². The van der Waals surface area contributed by atoms with Crippen molar-refractivity contribution in [2.75, 3.05) is 23.4 Å². The molecule has 0 spiro atoms. The second-order valence-electron chi connectivity index (χ2n) is 8.32. The Bertz CT molecular complexity index is 940. The lowest BCUT2D eigenvalue weighted by Gasteiger charge is -2.46. The topological polar surface area (TPSA) is 61.8 Å². The van der Waals surface area contributed by atoms with Gasteiger partial charge in [-0.15, -0.1) is 0 Å². The molecule has 0 unspecified atom stereocenters. The van der Waals surface area contributed by atoms with Gasteiger partial charge in [0.2, 0.25) is 5.91 Å². The van der Waals surface area contributed by atoms with Gasteiger partial charge in [-0.3, -0.25) is 4.79 Å². The zero-order valence-corrected chi connectivity index (χ0v) is 16.4. The highest BCUT2D eigenvalue weighted by molar-refractivity contribution is 5.94. The van der Waals surface area contributed by atoms with Gasteiger partial charge in [-0.25, -0.2) is 0 Å². The van der Waals surface area contributed by atoms with E-state index in [2.05, 4.69) is 24.4 Å². The van der Waals surface area contributed by atoms with Crippen LogP contribution in [-0.4, -0.2) is 24.2 Å². The van der Waals surface area contributed by atoms with Gasteiger partial charge in [-0.1, -0.05) is 12.1 Å². The molecule has 2 N–H and O–H groups in total. The van der Waals surface area contributed by atoms with Gasteiger partial charge in [-0.05, 0) is 61.6 Å². The maximum Gasteiger partial charge on any atom is 0.223 e. The number of benzene rings is 2. The van der Waals surface area contributed by atoms with E-state index in [0.717, 1.165) is 49.4 Å². The van der Waals surface area contributed by atoms with E-state index in [1.807, 2.05) is 17.0 Å². The molecule has 146 valence electrons. The smallest absolute Gasteiger partial charge is 0.223 e. The molecule has 0 radical (unpaired) electrons. The number of phenolic OH excluding ortho intramolecular Hbond substituents is 1. The zero-order valence-electron chi connectivity index (χ0n) is 16.4. The minimum absolute atomic E-state index is 0.0979. The number of nitrogens with zero attached hydrogens (tertiary/aromatic N) is 1. The van der Waals surface area contributed by atoms with E-state index in [0.29, 0.717) is 5.92 Å². The van der Waals surface area contributed by atoms with Crippen molar-refractivity contribution in [3.05, 3.63) is 53.1 Å². The molecule has 1 amide bonds. The predicted molar refractivity (Wildman–Crippen MR) is 109 cm³/mol. The first-order chi connectivity index (χ1) is 13.5. The number of anilines is 2. The molecule has 3 atom stereocenters. The van der Waals surface area contributed by atoms with E-state index in [1.165, 1.54) is 11.1 Å². The van der Waals surface area contributed by atoms with Crippen molar-refractivity contribution < 1.29 is 14.6 Å². The van der Waals surface area contributed by atoms with E-state index in [1.54, 1.807) is 19.1 Å². The predicted octanol–water partition coefficient (Wildman–Crippen LogP) is 4.11. The van der Waals surface area contributed by atoms with Crippen LogP contribution in [-0.2, 0) is 21.6 Å². The van der Waals surface area contributed by atoms with Crippen LogP contribution in [0.15, 0.2) is 36.4 Å². The van der Waals surface area contributed by atoms with E-state index < -0.39 is 0 Å². The summed E-state index contributed by atoms with van der Waals surface area (Å²) in [6, 6.07) is 11.8. The summed E-state index contributed by atoms with van der Waals surface area (Å²) >= 11 is 0. The highest BCUT2D eigenvalue weighted by Crippen LogP contribution is 2.56. The molecule has 0 bridgehead atoms. The molecule has 3 heterocycles. The van der Waals surface area contributed by atoms with Crippen molar-refractivity contribution >= 4 is 17.3 Å². The lowest BCUT2D eigenvalue weighted by molar-refractivity contribution is -0.116. The summed E-state index contributed by atoms with van der Waals surface area (Å²) in [5.74, 6) is 0.674. The van der Waals surface area contributed by atoms with Crippen LogP contribution >= 0.6 is 0 Å². The number of hydrogen-bond donors (Lipinski definition) is 2. The Morgan fingerprint density at radius 1 is 1.25 bits per heavy atom. The molecule has 0 aliphatic carbocycles. The molecule has 28 heavy (non-hydrogen) atoms. The molecule has 0 saturated carbocycles. The van der Waals surface area contributed by atoms with Crippen LogP contribution in [0.25, 0.3) is 0 Å². The van der Waals surface area contributed by atoms with Crippen LogP contribution < -0.4 is 10.2 Å². The van der Waals surface area contributed by atoms with Crippen molar-refractivity contribution in [1.82, 2.24) is 0 Å². The summed E-state index contributed by atoms with van der Waals surface area (Å²) in [6.45, 7) is 5.37. The van der Waals surface area contributed by atoms with E-state index in [9.17, 15) is 9.90 Å². The van der Waals surface area contributed by atoms with Crippen LogP contribution in [0.3, 0.4) is 0 Å². The maximum absolute atomic E-state index is 12.2. The Balaban J connectivity index is 1.66. The van der Waals surface area contributed by atoms with E-state index in [4.69, 9.17) is 4.74 Å². The van der Waals surface area contributed by atoms with Crippen molar-refractivity contribution in [1.29, 1.82) is 0 Å². The van der Waals surface area contributed by atoms with Gasteiger partial charge in [0.25, 0.3) is 0 Å². The van der Waals surface area contributed by atoms with Crippen molar-refractivity contribution in [2.24, 2.45) is 5.92 Å². The fourth-order valence-corrected chi connectivity index (χ4v) is 5.48. The van der Waals surface area contributed by atoms with Gasteiger partial charge in [-0.2, -0.15) is 0 Å². The summed E-state index contributed by atoms with van der Waals surface area (Å²) in [7, 11) is 0. The molecule has 2 aromatic rings. The Morgan fingerprint density at radius 2 is 2.04 bits per heavy atom. The SMILES string of the molecule is CC(=O)N1CCCc2c1ccc1c2[C@@]2(C)OCC[C@H]2[C@H](c2ccc(O)cc2)N1. The van der Waals surface area contributed by atoms with Crippen molar-refractivity contribution in [3.63, 3.8) is 0 Å². The number of carbonyl (C=O) groups excluding carboxylic acids is 1. The number of aromatic hydroxyl groups is 1. The number of fused-ring (bicyclic) bond motifs is 5. The van der Waals surface area contributed by atoms with Gasteiger partial charge in [0.05, 0.1) is 11.6 Å². The molecule has 3 aliphatic heterocycles. The van der Waals surface area contributed by atoms with Crippen molar-refractivity contribution in [2.45, 2.75) is 44.8 Å². The highest BCUT2D eigenvalue weighted by atomic mass is 16.5. The minimum Gasteiger partial charge on any atom is -0.508 e. The maximum atomic E-state index is 12.2. The molecule has 1 saturated heterocycles. The number of rotatable bonds is 1. The van der Waals surface area contributed by atoms with Gasteiger partial charge < -0.3 is 20.1 Å². The van der Waals surface area contributed by atoms with Gasteiger partial charge in [0.1, 0.15) is 5.75 Å². The number of hydrogen-bond acceptors (Lipinski definition) is 4. The standard InChI is InChI=1S/C23H26N2O3/c1-14(26)25-12-3-4-17-20(25)10-9-19-21(17)23(2)18(11-13-28-23)22(24-19)15-5-7-16(27)8-6-15/h5-10,18,22,24,27H,3-4,11-13H2,1-2H3/t18-,22-,23-/m0/s1. The Hall–Kier alpha value is -2.53. The summed E-state index contributed by atoms with van der Waals surface area (Å²) in [4.78, 5) is 14.1. The third-order valence-corrected chi connectivity index (χ3v) is 6.77. The quantitative estimate of drug-likeness (QED) is 0.784. The van der Waals surface area contributed by atoms with Crippen LogP contribution in [0.1, 0.15) is 49.4 Å². The number of carbonyl (C=O) groups is 1. The average Bonchev–Trinajstić information content (AvgIpc) is 3.09. The largest absolute Gasteiger partial charge is 0.508 e. The number of nitrogens with one attached hydrogen (secondary N) is 1. The summed E-state index contributed by atoms with van der Waals surface area (Å²) in [5.41, 5.74) is 5.40. The fraction of sp³-hybridized carbons (Fsp3) is 0.435. The van der Waals surface area contributed by atoms with Gasteiger partial charge in [0, 0.05) is 42.9 Å². The third kappa shape index (κ3) is 2.46. The van der Waals surface area contributed by atoms with Gasteiger partial charge in [0.15, 0.2) is 0 Å². The normalized spacial score (nSPS) is 28.1. The number of amides is 1. The van der Waals surface area contributed by atoms with Crippen LogP contribution in [0.2, 0.25) is 0 Å². The Kier molecular flexibility index (Phi) is 3.91. The Morgan fingerprint density at radius 3 is 2.79 bits per heavy atom. The molecule has 5 nitrogen and oxygen atoms in total. The molecular weight excluding hydrogens is 352 g/mol. The second-order valence-corrected chi connectivity index (χ2v) is 8.32. The summed E-state index contributed by atoms with van der Waals surface area (Å²) < 4.78 is 6.42. The molecule has 3 aliphatic rings. The van der Waals surface area contributed by atoms with Gasteiger partial charge >= 0.3 is 0 Å². The number of phenols is 1. The molecule has 2 aromatic carbocycles. The highest BCUT2D eigenvalue weighted by Gasteiger charge is 2.52. The first kappa shape index (κ1) is 17.6. The van der Waals surface area contributed by atoms with E-state index in [-0.39, 0.29) is 23.3 Å². The fourth-order valence-electron chi connectivity index (χ4n) is 5.48. The molecule has 5 rings (SSSR count). The lowest BCUT2D eigenvalue weighted by Crippen LogP contribution is -2.43. The zero-order chi connectivity index (χ0) is 19.5. The first-order valence-corrected chi connectivity index (χ1v) is 10.1. The monoisotopic (exact) mass is 378 g/mol. The summed E-state index contributed by atoms with van der Waals surface area (Å²) in [6.07, 6.45) is 2.93. The molecule has 5 heteroatoms. The molecular formula is C23H26N2O3. The second kappa shape index (κ2) is 6.24. The minimum atomic E-state index is -0.381. The number of ether oxygens (including phenoxy) is 1. The van der Waals surface area contributed by atoms with E-state index >= 15 is 0 Å². The molecule has 1 fully saturated rings. The summed E-state index contributed by atoms with van der Waals surface area (Å²) in [5, 5.41) is 13.4. The van der Waals surface area contributed by atoms with Crippen molar-refractivity contribution in [3.8, 4) is 5.75 Å². The van der Waals surface area contributed by atoms with Crippen LogP contribution in [0, 0.1) is 5.92 Å². The lowest BCUT2D eigenvalue weighted by atomic mass is 9.70. The average molecular weight is 378 g/mol. The first-order valence-electron chi connectivity index (χ1n) is 10.1. The van der Waals surface area contributed by atoms with Crippen LogP contribution in [0.4, 0.5) is 11.4 Å².